The fraction of sp³-hybridized carbons (Fsp3) is 0.214. The molecule has 2 rings (SSSR count). The fourth-order valence-electron chi connectivity index (χ4n) is 1.57. The van der Waals surface area contributed by atoms with E-state index >= 15 is 0 Å². The zero-order chi connectivity index (χ0) is 13.0. The Bertz CT molecular complexity index is 528. The lowest BCUT2D eigenvalue weighted by atomic mass is 10.2. The molecule has 0 fully saturated rings. The fourth-order valence-corrected chi connectivity index (χ4v) is 1.76. The zero-order valence-corrected chi connectivity index (χ0v) is 10.7. The molecule has 0 aliphatic rings. The first-order valence-electron chi connectivity index (χ1n) is 5.59. The van der Waals surface area contributed by atoms with Gasteiger partial charge in [-0.25, -0.2) is 4.39 Å². The van der Waals surface area contributed by atoms with Crippen molar-refractivity contribution in [3.8, 4) is 5.75 Å². The third kappa shape index (κ3) is 3.20. The summed E-state index contributed by atoms with van der Waals surface area (Å²) in [6.07, 6.45) is 0. The Kier molecular flexibility index (Phi) is 4.15. The van der Waals surface area contributed by atoms with Crippen LogP contribution in [0.2, 0.25) is 0 Å². The normalized spacial score (nSPS) is 10.4. The van der Waals surface area contributed by atoms with E-state index in [0.29, 0.717) is 18.2 Å². The van der Waals surface area contributed by atoms with Gasteiger partial charge in [0.15, 0.2) is 0 Å². The van der Waals surface area contributed by atoms with Crippen molar-refractivity contribution >= 4 is 11.6 Å². The van der Waals surface area contributed by atoms with Gasteiger partial charge < -0.3 is 4.74 Å². The number of alkyl halides is 1. The molecule has 1 aromatic heterocycles. The minimum atomic E-state index is -0.253. The summed E-state index contributed by atoms with van der Waals surface area (Å²) in [6, 6.07) is 9.93. The highest BCUT2D eigenvalue weighted by atomic mass is 35.5. The van der Waals surface area contributed by atoms with Crippen molar-refractivity contribution in [2.75, 3.05) is 0 Å². The van der Waals surface area contributed by atoms with Crippen molar-refractivity contribution in [2.24, 2.45) is 0 Å². The van der Waals surface area contributed by atoms with Crippen LogP contribution in [0, 0.1) is 12.7 Å². The van der Waals surface area contributed by atoms with E-state index in [1.165, 1.54) is 12.1 Å². The van der Waals surface area contributed by atoms with Crippen molar-refractivity contribution in [3.05, 3.63) is 59.2 Å². The molecule has 0 amide bonds. The van der Waals surface area contributed by atoms with Crippen molar-refractivity contribution in [3.63, 3.8) is 0 Å². The second-order valence-corrected chi connectivity index (χ2v) is 4.21. The smallest absolute Gasteiger partial charge is 0.142 e. The van der Waals surface area contributed by atoms with Crippen LogP contribution in [0.15, 0.2) is 36.4 Å². The van der Waals surface area contributed by atoms with Crippen LogP contribution < -0.4 is 4.74 Å². The van der Waals surface area contributed by atoms with Gasteiger partial charge in [0, 0.05) is 5.69 Å². The molecule has 0 aliphatic carbocycles. The predicted octanol–water partition coefficient (Wildman–Crippen LogP) is 3.85. The molecule has 2 aromatic rings. The highest BCUT2D eigenvalue weighted by Gasteiger charge is 2.05. The molecule has 0 N–H and O–H groups in total. The summed E-state index contributed by atoms with van der Waals surface area (Å²) < 4.78 is 18.4. The van der Waals surface area contributed by atoms with Gasteiger partial charge in [-0.05, 0) is 36.8 Å². The van der Waals surface area contributed by atoms with E-state index < -0.39 is 0 Å². The van der Waals surface area contributed by atoms with Crippen LogP contribution >= 0.6 is 11.6 Å². The molecule has 0 atom stereocenters. The molecular formula is C14H13ClFNO. The third-order valence-electron chi connectivity index (χ3n) is 2.51. The van der Waals surface area contributed by atoms with E-state index in [4.69, 9.17) is 16.3 Å². The molecule has 94 valence electrons. The number of ether oxygens (including phenoxy) is 1. The summed E-state index contributed by atoms with van der Waals surface area (Å²) in [5, 5.41) is 0. The van der Waals surface area contributed by atoms with Gasteiger partial charge in [0.25, 0.3) is 0 Å². The minimum absolute atomic E-state index is 0.253. The second-order valence-electron chi connectivity index (χ2n) is 3.95. The monoisotopic (exact) mass is 265 g/mol. The summed E-state index contributed by atoms with van der Waals surface area (Å²) in [6.45, 7) is 2.27. The molecule has 1 heterocycles. The maximum atomic E-state index is 12.7. The third-order valence-corrected chi connectivity index (χ3v) is 2.76. The molecule has 18 heavy (non-hydrogen) atoms. The van der Waals surface area contributed by atoms with Crippen LogP contribution in [0.25, 0.3) is 0 Å². The maximum absolute atomic E-state index is 12.7. The van der Waals surface area contributed by atoms with E-state index in [0.717, 1.165) is 17.0 Å². The first kappa shape index (κ1) is 12.8. The number of halogens is 2. The molecule has 1 aromatic carbocycles. The quantitative estimate of drug-likeness (QED) is 0.784. The topological polar surface area (TPSA) is 22.1 Å². The molecule has 0 aliphatic heterocycles. The molecule has 0 spiro atoms. The number of hydrogen-bond donors (Lipinski definition) is 0. The Labute approximate surface area is 110 Å². The van der Waals surface area contributed by atoms with Gasteiger partial charge in [-0.1, -0.05) is 12.1 Å². The number of pyridine rings is 1. The molecule has 2 nitrogen and oxygen atoms in total. The zero-order valence-electron chi connectivity index (χ0n) is 9.99. The molecule has 0 saturated heterocycles. The van der Waals surface area contributed by atoms with Crippen molar-refractivity contribution < 1.29 is 9.13 Å². The van der Waals surface area contributed by atoms with Crippen LogP contribution in [-0.2, 0) is 12.5 Å². The first-order valence-corrected chi connectivity index (χ1v) is 6.12. The van der Waals surface area contributed by atoms with Crippen LogP contribution in [0.1, 0.15) is 17.0 Å². The maximum Gasteiger partial charge on any atom is 0.142 e. The highest BCUT2D eigenvalue weighted by Crippen LogP contribution is 2.20. The van der Waals surface area contributed by atoms with Crippen molar-refractivity contribution in [1.29, 1.82) is 0 Å². The molecule has 0 unspecified atom stereocenters. The minimum Gasteiger partial charge on any atom is -0.487 e. The van der Waals surface area contributed by atoms with Gasteiger partial charge in [0.05, 0.1) is 11.6 Å². The Morgan fingerprint density at radius 3 is 2.56 bits per heavy atom. The number of aryl methyl sites for hydroxylation is 1. The number of rotatable bonds is 4. The standard InChI is InChI=1S/C14H13ClFNO/c1-10-2-7-14(13(8-15)17-10)18-9-11-3-5-12(16)6-4-11/h2-7H,8-9H2,1H3. The first-order chi connectivity index (χ1) is 8.69. The lowest BCUT2D eigenvalue weighted by Crippen LogP contribution is -2.00. The Balaban J connectivity index is 2.08. The Hall–Kier alpha value is -1.61. The number of aromatic nitrogens is 1. The summed E-state index contributed by atoms with van der Waals surface area (Å²) in [5.41, 5.74) is 2.52. The Morgan fingerprint density at radius 1 is 1.17 bits per heavy atom. The van der Waals surface area contributed by atoms with Gasteiger partial charge in [-0.15, -0.1) is 11.6 Å². The van der Waals surface area contributed by atoms with E-state index in [-0.39, 0.29) is 5.82 Å². The average Bonchev–Trinajstić information content (AvgIpc) is 2.39. The van der Waals surface area contributed by atoms with Gasteiger partial charge in [0.2, 0.25) is 0 Å². The SMILES string of the molecule is Cc1ccc(OCc2ccc(F)cc2)c(CCl)n1. The van der Waals surface area contributed by atoms with Crippen LogP contribution in [0.4, 0.5) is 4.39 Å². The van der Waals surface area contributed by atoms with Crippen molar-refractivity contribution in [1.82, 2.24) is 4.98 Å². The summed E-state index contributed by atoms with van der Waals surface area (Å²) in [7, 11) is 0. The van der Waals surface area contributed by atoms with Crippen LogP contribution in [-0.4, -0.2) is 4.98 Å². The van der Waals surface area contributed by atoms with Gasteiger partial charge in [-0.2, -0.15) is 0 Å². The number of hydrogen-bond acceptors (Lipinski definition) is 2. The molecule has 0 radical (unpaired) electrons. The number of benzene rings is 1. The van der Waals surface area contributed by atoms with E-state index in [9.17, 15) is 4.39 Å². The Morgan fingerprint density at radius 2 is 1.89 bits per heavy atom. The van der Waals surface area contributed by atoms with E-state index in [1.54, 1.807) is 12.1 Å². The van der Waals surface area contributed by atoms with Gasteiger partial charge >= 0.3 is 0 Å². The summed E-state index contributed by atoms with van der Waals surface area (Å²) in [5.74, 6) is 0.720. The molecular weight excluding hydrogens is 253 g/mol. The molecule has 0 saturated carbocycles. The summed E-state index contributed by atoms with van der Waals surface area (Å²) >= 11 is 5.81. The molecule has 4 heteroatoms. The lowest BCUT2D eigenvalue weighted by Gasteiger charge is -2.10. The number of nitrogens with zero attached hydrogens (tertiary/aromatic N) is 1. The summed E-state index contributed by atoms with van der Waals surface area (Å²) in [4.78, 5) is 4.30. The average molecular weight is 266 g/mol. The van der Waals surface area contributed by atoms with E-state index in [2.05, 4.69) is 4.98 Å². The molecule has 0 bridgehead atoms. The second kappa shape index (κ2) is 5.83. The van der Waals surface area contributed by atoms with Gasteiger partial charge in [-0.3, -0.25) is 4.98 Å². The van der Waals surface area contributed by atoms with Crippen LogP contribution in [0.5, 0.6) is 5.75 Å². The van der Waals surface area contributed by atoms with Crippen molar-refractivity contribution in [2.45, 2.75) is 19.4 Å². The van der Waals surface area contributed by atoms with Gasteiger partial charge in [0.1, 0.15) is 18.2 Å². The largest absolute Gasteiger partial charge is 0.487 e. The van der Waals surface area contributed by atoms with Crippen LogP contribution in [0.3, 0.4) is 0 Å². The predicted molar refractivity (Wildman–Crippen MR) is 69.3 cm³/mol. The van der Waals surface area contributed by atoms with E-state index in [1.807, 2.05) is 19.1 Å². The highest BCUT2D eigenvalue weighted by molar-refractivity contribution is 6.17. The lowest BCUT2D eigenvalue weighted by molar-refractivity contribution is 0.302.